The van der Waals surface area contributed by atoms with Crippen molar-refractivity contribution in [2.45, 2.75) is 39.0 Å². The van der Waals surface area contributed by atoms with E-state index in [1.165, 1.54) is 12.8 Å². The van der Waals surface area contributed by atoms with Crippen LogP contribution in [-0.2, 0) is 11.0 Å². The van der Waals surface area contributed by atoms with Crippen LogP contribution in [0.5, 0.6) is 17.2 Å². The Morgan fingerprint density at radius 2 is 1.21 bits per heavy atom. The number of hydrogen-bond donors (Lipinski definition) is 0. The maximum absolute atomic E-state index is 13.6. The van der Waals surface area contributed by atoms with Gasteiger partial charge in [-0.3, -0.25) is 0 Å². The second-order valence-corrected chi connectivity index (χ2v) is 8.21. The molecule has 3 aromatic rings. The van der Waals surface area contributed by atoms with E-state index < -0.39 is 7.82 Å². The van der Waals surface area contributed by atoms with E-state index in [4.69, 9.17) is 13.6 Å². The average Bonchev–Trinajstić information content (AvgIpc) is 2.73. The first-order valence-corrected chi connectivity index (χ1v) is 11.5. The number of benzene rings is 3. The highest BCUT2D eigenvalue weighted by Gasteiger charge is 2.33. The molecule has 0 saturated heterocycles. The lowest BCUT2D eigenvalue weighted by Gasteiger charge is -2.20. The normalized spacial score (nSPS) is 11.1. The molecule has 0 aliphatic heterocycles. The summed E-state index contributed by atoms with van der Waals surface area (Å²) in [6, 6.07) is 25.5. The van der Waals surface area contributed by atoms with Gasteiger partial charge in [0.05, 0.1) is 0 Å². The standard InChI is InChI=1S/C24H27O4P/c1-2-3-4-7-14-21-15-12-13-20-24(21)28-29(25,26-22-16-8-5-9-17-22)27-23-18-10-6-11-19-23/h5-6,8-13,15-20H,2-4,7,14H2,1H3. The summed E-state index contributed by atoms with van der Waals surface area (Å²) in [5.74, 6) is 1.37. The van der Waals surface area contributed by atoms with Crippen LogP contribution in [0, 0.1) is 0 Å². The van der Waals surface area contributed by atoms with E-state index >= 15 is 0 Å². The van der Waals surface area contributed by atoms with E-state index in [1.54, 1.807) is 24.3 Å². The molecular weight excluding hydrogens is 383 g/mol. The van der Waals surface area contributed by atoms with Crippen LogP contribution >= 0.6 is 7.82 Å². The van der Waals surface area contributed by atoms with Gasteiger partial charge in [0.1, 0.15) is 17.2 Å². The van der Waals surface area contributed by atoms with Crippen LogP contribution in [-0.4, -0.2) is 0 Å². The topological polar surface area (TPSA) is 44.8 Å². The fourth-order valence-electron chi connectivity index (χ4n) is 2.94. The van der Waals surface area contributed by atoms with Gasteiger partial charge in [0.2, 0.25) is 0 Å². The van der Waals surface area contributed by atoms with E-state index in [0.717, 1.165) is 24.8 Å². The molecule has 0 aliphatic carbocycles. The van der Waals surface area contributed by atoms with Gasteiger partial charge < -0.3 is 13.6 Å². The van der Waals surface area contributed by atoms with E-state index in [0.29, 0.717) is 17.2 Å². The van der Waals surface area contributed by atoms with Gasteiger partial charge in [-0.25, -0.2) is 0 Å². The molecule has 3 rings (SSSR count). The number of para-hydroxylation sites is 3. The summed E-state index contributed by atoms with van der Waals surface area (Å²) in [5.41, 5.74) is 0.997. The molecule has 3 aromatic carbocycles. The Labute approximate surface area is 173 Å². The van der Waals surface area contributed by atoms with Gasteiger partial charge in [0.15, 0.2) is 0 Å². The summed E-state index contributed by atoms with van der Waals surface area (Å²) in [5, 5.41) is 0. The largest absolute Gasteiger partial charge is 0.647 e. The van der Waals surface area contributed by atoms with E-state index in [9.17, 15) is 4.57 Å². The first-order chi connectivity index (χ1) is 14.2. The van der Waals surface area contributed by atoms with Crippen molar-refractivity contribution in [3.63, 3.8) is 0 Å². The van der Waals surface area contributed by atoms with Crippen molar-refractivity contribution in [3.05, 3.63) is 90.5 Å². The Hall–Kier alpha value is -2.71. The van der Waals surface area contributed by atoms with Crippen LogP contribution in [0.15, 0.2) is 84.9 Å². The third kappa shape index (κ3) is 6.69. The Balaban J connectivity index is 1.82. The lowest BCUT2D eigenvalue weighted by molar-refractivity contribution is 0.297. The van der Waals surface area contributed by atoms with Crippen molar-refractivity contribution in [3.8, 4) is 17.2 Å². The van der Waals surface area contributed by atoms with Crippen molar-refractivity contribution in [1.29, 1.82) is 0 Å². The molecule has 5 heteroatoms. The second-order valence-electron chi connectivity index (χ2n) is 6.77. The molecule has 29 heavy (non-hydrogen) atoms. The Kier molecular flexibility index (Phi) is 7.77. The maximum atomic E-state index is 13.6. The van der Waals surface area contributed by atoms with Gasteiger partial charge in [-0.2, -0.15) is 4.57 Å². The van der Waals surface area contributed by atoms with E-state index in [-0.39, 0.29) is 0 Å². The monoisotopic (exact) mass is 410 g/mol. The number of unbranched alkanes of at least 4 members (excludes halogenated alkanes) is 3. The minimum atomic E-state index is -3.96. The lowest BCUT2D eigenvalue weighted by atomic mass is 10.1. The molecule has 0 amide bonds. The number of aryl methyl sites for hydroxylation is 1. The molecule has 0 fully saturated rings. The molecule has 0 spiro atoms. The van der Waals surface area contributed by atoms with Crippen molar-refractivity contribution in [2.24, 2.45) is 0 Å². The molecule has 0 aliphatic rings. The first-order valence-electron chi connectivity index (χ1n) is 10.1. The fourth-order valence-corrected chi connectivity index (χ4v) is 4.23. The Morgan fingerprint density at radius 3 is 1.79 bits per heavy atom. The minimum absolute atomic E-state index is 0.423. The smallest absolute Gasteiger partial charge is 0.386 e. The summed E-state index contributed by atoms with van der Waals surface area (Å²) >= 11 is 0. The van der Waals surface area contributed by atoms with Gasteiger partial charge in [-0.1, -0.05) is 80.8 Å². The van der Waals surface area contributed by atoms with Crippen LogP contribution in [0.3, 0.4) is 0 Å². The zero-order valence-corrected chi connectivity index (χ0v) is 17.6. The van der Waals surface area contributed by atoms with Crippen molar-refractivity contribution < 1.29 is 18.1 Å². The average molecular weight is 410 g/mol. The molecule has 0 aromatic heterocycles. The zero-order chi connectivity index (χ0) is 20.4. The Bertz CT molecular complexity index is 867. The van der Waals surface area contributed by atoms with Gasteiger partial charge >= 0.3 is 7.82 Å². The molecule has 0 atom stereocenters. The van der Waals surface area contributed by atoms with Crippen LogP contribution in [0.25, 0.3) is 0 Å². The fraction of sp³-hybridized carbons (Fsp3) is 0.250. The molecule has 0 heterocycles. The van der Waals surface area contributed by atoms with Gasteiger partial charge in [0, 0.05) is 0 Å². The summed E-state index contributed by atoms with van der Waals surface area (Å²) in [7, 11) is -3.96. The van der Waals surface area contributed by atoms with Crippen molar-refractivity contribution in [1.82, 2.24) is 0 Å². The number of phosphoric ester groups is 1. The van der Waals surface area contributed by atoms with E-state index in [2.05, 4.69) is 6.92 Å². The molecule has 152 valence electrons. The molecule has 0 radical (unpaired) electrons. The van der Waals surface area contributed by atoms with Crippen LogP contribution < -0.4 is 13.6 Å². The van der Waals surface area contributed by atoms with Crippen LogP contribution in [0.1, 0.15) is 38.2 Å². The molecule has 0 bridgehead atoms. The number of hydrogen-bond acceptors (Lipinski definition) is 4. The quantitative estimate of drug-likeness (QED) is 0.243. The van der Waals surface area contributed by atoms with Crippen molar-refractivity contribution in [2.75, 3.05) is 0 Å². The highest BCUT2D eigenvalue weighted by Crippen LogP contribution is 2.50. The Morgan fingerprint density at radius 1 is 0.655 bits per heavy atom. The molecule has 0 N–H and O–H groups in total. The van der Waals surface area contributed by atoms with Gasteiger partial charge in [0.25, 0.3) is 0 Å². The lowest BCUT2D eigenvalue weighted by Crippen LogP contribution is -2.08. The summed E-state index contributed by atoms with van der Waals surface area (Å²) in [4.78, 5) is 0. The van der Waals surface area contributed by atoms with E-state index in [1.807, 2.05) is 60.7 Å². The summed E-state index contributed by atoms with van der Waals surface area (Å²) in [6.07, 6.45) is 5.45. The van der Waals surface area contributed by atoms with Crippen LogP contribution in [0.4, 0.5) is 0 Å². The summed E-state index contributed by atoms with van der Waals surface area (Å²) in [6.45, 7) is 2.19. The third-order valence-electron chi connectivity index (χ3n) is 4.40. The maximum Gasteiger partial charge on any atom is 0.647 e. The van der Waals surface area contributed by atoms with Crippen molar-refractivity contribution >= 4 is 7.82 Å². The highest BCUT2D eigenvalue weighted by atomic mass is 31.2. The van der Waals surface area contributed by atoms with Gasteiger partial charge in [-0.15, -0.1) is 0 Å². The zero-order valence-electron chi connectivity index (χ0n) is 16.7. The summed E-state index contributed by atoms with van der Waals surface area (Å²) < 4.78 is 30.9. The minimum Gasteiger partial charge on any atom is -0.386 e. The van der Waals surface area contributed by atoms with Crippen LogP contribution in [0.2, 0.25) is 0 Å². The second kappa shape index (κ2) is 10.7. The predicted octanol–water partition coefficient (Wildman–Crippen LogP) is 7.45. The van der Waals surface area contributed by atoms with Gasteiger partial charge in [-0.05, 0) is 48.7 Å². The molecule has 0 unspecified atom stereocenters. The number of phosphoric acid groups is 1. The third-order valence-corrected chi connectivity index (χ3v) is 5.69. The predicted molar refractivity (Wildman–Crippen MR) is 117 cm³/mol. The first kappa shape index (κ1) is 21.0. The molecule has 0 saturated carbocycles. The highest BCUT2D eigenvalue weighted by molar-refractivity contribution is 7.49. The number of rotatable bonds is 11. The molecule has 4 nitrogen and oxygen atoms in total. The molecular formula is C24H27O4P. The SMILES string of the molecule is CCCCCCc1ccccc1OP(=O)(Oc1ccccc1)Oc1ccccc1.